The summed E-state index contributed by atoms with van der Waals surface area (Å²) < 4.78 is 5.61. The molecule has 6 atom stereocenters. The van der Waals surface area contributed by atoms with Gasteiger partial charge in [-0.25, -0.2) is 0 Å². The molecule has 186 valence electrons. The quantitative estimate of drug-likeness (QED) is 0.589. The molecule has 0 unspecified atom stereocenters. The summed E-state index contributed by atoms with van der Waals surface area (Å²) in [5.41, 5.74) is 2.47. The molecule has 2 heterocycles. The number of methoxy groups -OCH3 is 1. The van der Waals surface area contributed by atoms with Crippen LogP contribution in [0.2, 0.25) is 0 Å². The van der Waals surface area contributed by atoms with Crippen LogP contribution in [0.25, 0.3) is 0 Å². The van der Waals surface area contributed by atoms with E-state index in [0.717, 1.165) is 38.5 Å². The number of nitrogens with zero attached hydrogens (tertiary/aromatic N) is 1. The van der Waals surface area contributed by atoms with E-state index in [1.54, 1.807) is 26.0 Å². The second kappa shape index (κ2) is 10.9. The molecule has 2 aliphatic heterocycles. The molecule has 3 amide bonds. The highest BCUT2D eigenvalue weighted by Crippen LogP contribution is 2.34. The van der Waals surface area contributed by atoms with Crippen molar-refractivity contribution in [2.24, 2.45) is 0 Å². The van der Waals surface area contributed by atoms with E-state index in [9.17, 15) is 14.4 Å². The highest BCUT2D eigenvalue weighted by Gasteiger charge is 2.45. The number of rotatable bonds is 6. The van der Waals surface area contributed by atoms with E-state index in [2.05, 4.69) is 28.1 Å². The number of benzene rings is 1. The predicted octanol–water partition coefficient (Wildman–Crippen LogP) is 1.83. The maximum Gasteiger partial charge on any atom is 0.246 e. The number of fused-ring (bicyclic) bond motifs is 2. The molecule has 8 nitrogen and oxygen atoms in total. The highest BCUT2D eigenvalue weighted by molar-refractivity contribution is 5.94. The second-order valence-corrected chi connectivity index (χ2v) is 9.89. The van der Waals surface area contributed by atoms with Crippen molar-refractivity contribution in [3.05, 3.63) is 35.4 Å². The van der Waals surface area contributed by atoms with E-state index in [1.165, 1.54) is 11.1 Å². The monoisotopic (exact) mass is 470 g/mol. The lowest BCUT2D eigenvalue weighted by atomic mass is 9.87. The number of hydrogen-bond donors (Lipinski definition) is 3. The van der Waals surface area contributed by atoms with Gasteiger partial charge < -0.3 is 25.6 Å². The zero-order chi connectivity index (χ0) is 24.2. The van der Waals surface area contributed by atoms with Crippen molar-refractivity contribution in [1.29, 1.82) is 0 Å². The summed E-state index contributed by atoms with van der Waals surface area (Å²) in [4.78, 5) is 41.6. The molecular weight excluding hydrogens is 432 g/mol. The molecule has 1 aliphatic carbocycles. The molecule has 34 heavy (non-hydrogen) atoms. The first kappa shape index (κ1) is 24.7. The van der Waals surface area contributed by atoms with Crippen LogP contribution in [0.5, 0.6) is 0 Å². The molecule has 1 aromatic rings. The van der Waals surface area contributed by atoms with E-state index in [1.807, 2.05) is 12.1 Å². The Balaban J connectivity index is 1.52. The van der Waals surface area contributed by atoms with E-state index in [0.29, 0.717) is 12.8 Å². The molecule has 8 heteroatoms. The summed E-state index contributed by atoms with van der Waals surface area (Å²) in [6.07, 6.45) is 6.30. The van der Waals surface area contributed by atoms with E-state index >= 15 is 0 Å². The third-order valence-electron chi connectivity index (χ3n) is 7.84. The maximum absolute atomic E-state index is 13.7. The molecule has 3 N–H and O–H groups in total. The molecule has 1 aromatic carbocycles. The lowest BCUT2D eigenvalue weighted by molar-refractivity contribution is -0.146. The van der Waals surface area contributed by atoms with Crippen molar-refractivity contribution < 1.29 is 19.1 Å². The van der Waals surface area contributed by atoms with E-state index < -0.39 is 18.1 Å². The Hall–Kier alpha value is -2.45. The summed E-state index contributed by atoms with van der Waals surface area (Å²) in [6.45, 7) is 1.76. The minimum Gasteiger partial charge on any atom is -0.381 e. The maximum atomic E-state index is 13.7. The van der Waals surface area contributed by atoms with Crippen molar-refractivity contribution in [2.75, 3.05) is 14.2 Å². The van der Waals surface area contributed by atoms with Gasteiger partial charge in [-0.05, 0) is 70.0 Å². The van der Waals surface area contributed by atoms with Crippen LogP contribution in [0.1, 0.15) is 69.0 Å². The fourth-order valence-corrected chi connectivity index (χ4v) is 5.73. The first-order valence-corrected chi connectivity index (χ1v) is 12.6. The van der Waals surface area contributed by atoms with Crippen LogP contribution in [0, 0.1) is 0 Å². The van der Waals surface area contributed by atoms with Gasteiger partial charge in [0.1, 0.15) is 12.1 Å². The van der Waals surface area contributed by atoms with Crippen molar-refractivity contribution in [1.82, 2.24) is 20.9 Å². The van der Waals surface area contributed by atoms with Crippen LogP contribution >= 0.6 is 0 Å². The van der Waals surface area contributed by atoms with Crippen molar-refractivity contribution in [3.63, 3.8) is 0 Å². The molecule has 4 rings (SSSR count). The molecule has 0 aromatic heterocycles. The van der Waals surface area contributed by atoms with Crippen LogP contribution in [-0.2, 0) is 25.5 Å². The normalized spacial score (nSPS) is 29.9. The first-order valence-electron chi connectivity index (χ1n) is 12.6. The third-order valence-corrected chi connectivity index (χ3v) is 7.84. The summed E-state index contributed by atoms with van der Waals surface area (Å²) in [5.74, 6) is -0.493. The largest absolute Gasteiger partial charge is 0.381 e. The summed E-state index contributed by atoms with van der Waals surface area (Å²) >= 11 is 0. The minimum absolute atomic E-state index is 0.0130. The number of hydrogen-bond acceptors (Lipinski definition) is 5. The molecule has 0 radical (unpaired) electrons. The first-order chi connectivity index (χ1) is 16.4. The molecule has 2 saturated heterocycles. The zero-order valence-electron chi connectivity index (χ0n) is 20.5. The lowest BCUT2D eigenvalue weighted by Crippen LogP contribution is -2.59. The second-order valence-electron chi connectivity index (χ2n) is 9.89. The predicted molar refractivity (Wildman–Crippen MR) is 129 cm³/mol. The molecule has 2 fully saturated rings. The Bertz CT molecular complexity index is 907. The van der Waals surface area contributed by atoms with Gasteiger partial charge in [-0.3, -0.25) is 14.4 Å². The molecule has 0 bridgehead atoms. The fraction of sp³-hybridized carbons (Fsp3) is 0.654. The average Bonchev–Trinajstić information content (AvgIpc) is 3.27. The Morgan fingerprint density at radius 3 is 2.59 bits per heavy atom. The Labute approximate surface area is 202 Å². The van der Waals surface area contributed by atoms with Gasteiger partial charge >= 0.3 is 0 Å². The topological polar surface area (TPSA) is 99.8 Å². The Morgan fingerprint density at radius 1 is 1.06 bits per heavy atom. The van der Waals surface area contributed by atoms with Gasteiger partial charge in [0, 0.05) is 19.6 Å². The standard InChI is InChI=1S/C26H38N4O4/c1-16(27-2)24(31)29-22-15-19(34-3)13-11-18-12-14-23(30(18)26(22)33)25(32)28-21-10-6-8-17-7-4-5-9-20(17)21/h4-5,7,9,16,18-19,21-23,27H,6,8,10-15H2,1-3H3,(H,28,32)(H,29,31)/t16-,18-,19+,21+,22-,23-/m0/s1. The van der Waals surface area contributed by atoms with Crippen molar-refractivity contribution >= 4 is 17.7 Å². The summed E-state index contributed by atoms with van der Waals surface area (Å²) in [5, 5.41) is 9.09. The number of carbonyl (C=O) groups excluding carboxylic acids is 3. The van der Waals surface area contributed by atoms with Crippen LogP contribution in [0.4, 0.5) is 0 Å². The van der Waals surface area contributed by atoms with Gasteiger partial charge in [0.05, 0.1) is 18.2 Å². The molecule has 3 aliphatic rings. The van der Waals surface area contributed by atoms with E-state index in [4.69, 9.17) is 4.74 Å². The van der Waals surface area contributed by atoms with Gasteiger partial charge in [-0.1, -0.05) is 24.3 Å². The van der Waals surface area contributed by atoms with Gasteiger partial charge in [0.15, 0.2) is 0 Å². The van der Waals surface area contributed by atoms with Gasteiger partial charge in [-0.15, -0.1) is 0 Å². The summed E-state index contributed by atoms with van der Waals surface area (Å²) in [7, 11) is 3.36. The zero-order valence-corrected chi connectivity index (χ0v) is 20.5. The molecular formula is C26H38N4O4. The Kier molecular flexibility index (Phi) is 7.88. The van der Waals surface area contributed by atoms with Gasteiger partial charge in [0.2, 0.25) is 17.7 Å². The van der Waals surface area contributed by atoms with Crippen LogP contribution in [0.3, 0.4) is 0 Å². The number of nitrogens with one attached hydrogen (secondary N) is 3. The number of carbonyl (C=O) groups is 3. The van der Waals surface area contributed by atoms with Crippen molar-refractivity contribution in [3.8, 4) is 0 Å². The molecule has 0 saturated carbocycles. The van der Waals surface area contributed by atoms with E-state index in [-0.39, 0.29) is 35.9 Å². The van der Waals surface area contributed by atoms with Crippen LogP contribution in [0.15, 0.2) is 24.3 Å². The SMILES string of the molecule is CN[C@@H](C)C(=O)N[C@H]1C[C@H](OC)CC[C@H]2CC[C@@H](C(=O)N[C@@H]3CCCc4ccccc43)N2C1=O. The summed E-state index contributed by atoms with van der Waals surface area (Å²) in [6, 6.07) is 6.62. The molecule has 0 spiro atoms. The van der Waals surface area contributed by atoms with Crippen molar-refractivity contribution in [2.45, 2.75) is 94.6 Å². The lowest BCUT2D eigenvalue weighted by Gasteiger charge is -2.38. The fourth-order valence-electron chi connectivity index (χ4n) is 5.73. The average molecular weight is 471 g/mol. The number of likely N-dealkylation sites (N-methyl/N-ethyl adjacent to an activating group) is 1. The number of aryl methyl sites for hydroxylation is 1. The van der Waals surface area contributed by atoms with Gasteiger partial charge in [-0.2, -0.15) is 0 Å². The number of ether oxygens (including phenoxy) is 1. The van der Waals surface area contributed by atoms with Crippen LogP contribution < -0.4 is 16.0 Å². The highest BCUT2D eigenvalue weighted by atomic mass is 16.5. The third kappa shape index (κ3) is 5.13. The van der Waals surface area contributed by atoms with Gasteiger partial charge in [0.25, 0.3) is 0 Å². The van der Waals surface area contributed by atoms with Crippen LogP contribution in [-0.4, -0.2) is 67.1 Å². The number of amides is 3. The Morgan fingerprint density at radius 2 is 1.82 bits per heavy atom. The minimum atomic E-state index is -0.708. The smallest absolute Gasteiger partial charge is 0.246 e.